The molecule has 3 aromatic heterocycles. The van der Waals surface area contributed by atoms with Gasteiger partial charge in [-0.15, -0.1) is 23.1 Å². The number of thiazole rings is 1. The van der Waals surface area contributed by atoms with Crippen LogP contribution >= 0.6 is 34.4 Å². The smallest absolute Gasteiger partial charge is 0.235 e. The molecule has 0 aliphatic rings. The number of carbonyl (C=O) groups is 1. The molecule has 0 saturated carbocycles. The summed E-state index contributed by atoms with van der Waals surface area (Å²) in [4.78, 5) is 16.4. The summed E-state index contributed by atoms with van der Waals surface area (Å²) in [6.07, 6.45) is 0. The highest BCUT2D eigenvalue weighted by atomic mass is 32.2. The molecule has 0 bridgehead atoms. The van der Waals surface area contributed by atoms with E-state index in [0.29, 0.717) is 23.1 Å². The quantitative estimate of drug-likeness (QED) is 0.726. The Balaban J connectivity index is 1.46. The zero-order chi connectivity index (χ0) is 15.4. The maximum atomic E-state index is 11.8. The highest BCUT2D eigenvalue weighted by Crippen LogP contribution is 2.27. The van der Waals surface area contributed by atoms with E-state index in [-0.39, 0.29) is 5.91 Å². The van der Waals surface area contributed by atoms with Crippen LogP contribution in [0, 0.1) is 6.92 Å². The van der Waals surface area contributed by atoms with Crippen molar-refractivity contribution in [2.24, 2.45) is 0 Å². The van der Waals surface area contributed by atoms with Crippen molar-refractivity contribution in [3.63, 3.8) is 0 Å². The second-order valence-electron chi connectivity index (χ2n) is 4.52. The molecule has 0 radical (unpaired) electrons. The number of nitrogens with zero attached hydrogens (tertiary/aromatic N) is 2. The topological polar surface area (TPSA) is 68.0 Å². The van der Waals surface area contributed by atoms with Crippen LogP contribution < -0.4 is 5.32 Å². The van der Waals surface area contributed by atoms with Gasteiger partial charge in [0.2, 0.25) is 5.91 Å². The molecule has 0 fully saturated rings. The minimum atomic E-state index is -0.0911. The van der Waals surface area contributed by atoms with E-state index in [1.165, 1.54) is 11.8 Å². The Labute approximate surface area is 139 Å². The normalized spacial score (nSPS) is 10.8. The molecule has 0 aliphatic heterocycles. The molecule has 3 rings (SSSR count). The first-order chi connectivity index (χ1) is 10.7. The maximum absolute atomic E-state index is 11.8. The molecule has 0 unspecified atom stereocenters. The van der Waals surface area contributed by atoms with E-state index in [0.717, 1.165) is 16.3 Å². The van der Waals surface area contributed by atoms with Gasteiger partial charge < -0.3 is 9.84 Å². The van der Waals surface area contributed by atoms with Gasteiger partial charge in [0.25, 0.3) is 0 Å². The van der Waals surface area contributed by atoms with Crippen LogP contribution in [0.1, 0.15) is 11.5 Å². The fourth-order valence-electron chi connectivity index (χ4n) is 1.74. The summed E-state index contributed by atoms with van der Waals surface area (Å²) in [6.45, 7) is 1.78. The monoisotopic (exact) mass is 351 g/mol. The number of hydrogen-bond donors (Lipinski definition) is 1. The Morgan fingerprint density at radius 2 is 2.36 bits per heavy atom. The lowest BCUT2D eigenvalue weighted by atomic mass is 10.4. The van der Waals surface area contributed by atoms with Gasteiger partial charge in [0.1, 0.15) is 10.8 Å². The number of amides is 1. The molecule has 0 aromatic carbocycles. The summed E-state index contributed by atoms with van der Waals surface area (Å²) < 4.78 is 4.90. The zero-order valence-electron chi connectivity index (χ0n) is 11.7. The van der Waals surface area contributed by atoms with Crippen molar-refractivity contribution >= 4 is 46.2 Å². The molecule has 0 spiro atoms. The van der Waals surface area contributed by atoms with Crippen LogP contribution in [0.5, 0.6) is 0 Å². The van der Waals surface area contributed by atoms with Gasteiger partial charge in [0, 0.05) is 28.1 Å². The van der Waals surface area contributed by atoms with Crippen molar-refractivity contribution in [3.05, 3.63) is 39.7 Å². The molecule has 3 heterocycles. The van der Waals surface area contributed by atoms with E-state index in [2.05, 4.69) is 26.9 Å². The number of hydrogen-bond acceptors (Lipinski definition) is 7. The third kappa shape index (κ3) is 3.96. The third-order valence-corrected chi connectivity index (χ3v) is 5.29. The summed E-state index contributed by atoms with van der Waals surface area (Å²) in [7, 11) is 0. The fourth-order valence-corrected chi connectivity index (χ4v) is 4.10. The van der Waals surface area contributed by atoms with E-state index in [9.17, 15) is 4.79 Å². The number of carbonyl (C=O) groups excluding carboxylic acids is 1. The van der Waals surface area contributed by atoms with Gasteiger partial charge in [-0.2, -0.15) is 11.3 Å². The number of anilines is 1. The lowest BCUT2D eigenvalue weighted by Gasteiger charge is -2.00. The molecule has 1 amide bonds. The molecule has 0 aliphatic carbocycles. The number of thiophene rings is 1. The summed E-state index contributed by atoms with van der Waals surface area (Å²) in [5.41, 5.74) is 2.16. The zero-order valence-corrected chi connectivity index (χ0v) is 14.2. The summed E-state index contributed by atoms with van der Waals surface area (Å²) in [6, 6.07) is 3.75. The van der Waals surface area contributed by atoms with Gasteiger partial charge in [-0.1, -0.05) is 5.16 Å². The molecular weight excluding hydrogens is 338 g/mol. The molecule has 22 heavy (non-hydrogen) atoms. The first-order valence-electron chi connectivity index (χ1n) is 6.48. The summed E-state index contributed by atoms with van der Waals surface area (Å²) in [5, 5.41) is 13.6. The number of aryl methyl sites for hydroxylation is 1. The Kier molecular flexibility index (Phi) is 4.91. The molecule has 5 nitrogen and oxygen atoms in total. The molecule has 0 atom stereocenters. The Morgan fingerprint density at radius 3 is 3.09 bits per heavy atom. The average molecular weight is 351 g/mol. The van der Waals surface area contributed by atoms with E-state index in [4.69, 9.17) is 4.52 Å². The van der Waals surface area contributed by atoms with Crippen LogP contribution in [0.2, 0.25) is 0 Å². The van der Waals surface area contributed by atoms with Crippen molar-refractivity contribution in [3.8, 4) is 10.6 Å². The van der Waals surface area contributed by atoms with Crippen LogP contribution in [0.3, 0.4) is 0 Å². The second-order valence-corrected chi connectivity index (χ2v) is 7.14. The first-order valence-corrected chi connectivity index (χ1v) is 9.46. The molecular formula is C14H13N3O2S3. The van der Waals surface area contributed by atoms with Gasteiger partial charge >= 0.3 is 0 Å². The number of thioether (sulfide) groups is 1. The fraction of sp³-hybridized carbons (Fsp3) is 0.214. The van der Waals surface area contributed by atoms with Crippen LogP contribution in [-0.2, 0) is 10.5 Å². The second kappa shape index (κ2) is 7.08. The van der Waals surface area contributed by atoms with E-state index >= 15 is 0 Å². The van der Waals surface area contributed by atoms with Crippen LogP contribution in [0.4, 0.5) is 5.82 Å². The van der Waals surface area contributed by atoms with Gasteiger partial charge in [0.05, 0.1) is 11.4 Å². The standard InChI is InChI=1S/C14H13N3O2S3/c1-9-4-12(17-19-9)16-13(18)8-21-6-11-7-22-14(15-11)10-2-3-20-5-10/h2-5,7H,6,8H2,1H3,(H,16,17,18). The third-order valence-electron chi connectivity index (χ3n) is 2.70. The molecule has 8 heteroatoms. The Bertz CT molecular complexity index is 749. The van der Waals surface area contributed by atoms with Gasteiger partial charge in [-0.25, -0.2) is 4.98 Å². The predicted molar refractivity (Wildman–Crippen MR) is 91.5 cm³/mol. The van der Waals surface area contributed by atoms with Crippen molar-refractivity contribution < 1.29 is 9.32 Å². The number of rotatable bonds is 6. The van der Waals surface area contributed by atoms with Gasteiger partial charge in [-0.3, -0.25) is 4.79 Å². The van der Waals surface area contributed by atoms with Gasteiger partial charge in [-0.05, 0) is 18.4 Å². The van der Waals surface area contributed by atoms with E-state index in [1.807, 2.05) is 10.8 Å². The van der Waals surface area contributed by atoms with E-state index < -0.39 is 0 Å². The highest BCUT2D eigenvalue weighted by Gasteiger charge is 2.08. The van der Waals surface area contributed by atoms with Crippen LogP contribution in [0.15, 0.2) is 32.8 Å². The van der Waals surface area contributed by atoms with Crippen LogP contribution in [0.25, 0.3) is 10.6 Å². The highest BCUT2D eigenvalue weighted by molar-refractivity contribution is 7.99. The molecule has 0 saturated heterocycles. The molecule has 3 aromatic rings. The van der Waals surface area contributed by atoms with Crippen molar-refractivity contribution in [1.82, 2.24) is 10.1 Å². The predicted octanol–water partition coefficient (Wildman–Crippen LogP) is 4.04. The molecule has 114 valence electrons. The van der Waals surface area contributed by atoms with Crippen molar-refractivity contribution in [2.75, 3.05) is 11.1 Å². The lowest BCUT2D eigenvalue weighted by molar-refractivity contribution is -0.113. The summed E-state index contributed by atoms with van der Waals surface area (Å²) >= 11 is 4.82. The number of nitrogens with one attached hydrogen (secondary N) is 1. The van der Waals surface area contributed by atoms with Gasteiger partial charge in [0.15, 0.2) is 5.82 Å². The Morgan fingerprint density at radius 1 is 1.45 bits per heavy atom. The van der Waals surface area contributed by atoms with Crippen molar-refractivity contribution in [1.29, 1.82) is 0 Å². The minimum Gasteiger partial charge on any atom is -0.360 e. The van der Waals surface area contributed by atoms with Crippen molar-refractivity contribution in [2.45, 2.75) is 12.7 Å². The Hall–Kier alpha value is -1.64. The summed E-state index contributed by atoms with van der Waals surface area (Å²) in [5.74, 6) is 2.11. The SMILES string of the molecule is Cc1cc(NC(=O)CSCc2csc(-c3ccsc3)n2)no1. The van der Waals surface area contributed by atoms with E-state index in [1.54, 1.807) is 35.7 Å². The maximum Gasteiger partial charge on any atom is 0.235 e. The molecule has 1 N–H and O–H groups in total. The minimum absolute atomic E-state index is 0.0911. The first kappa shape index (κ1) is 15.3. The lowest BCUT2D eigenvalue weighted by Crippen LogP contribution is -2.14. The van der Waals surface area contributed by atoms with Crippen LogP contribution in [-0.4, -0.2) is 21.8 Å². The largest absolute Gasteiger partial charge is 0.360 e. The number of aromatic nitrogens is 2. The average Bonchev–Trinajstić information content (AvgIpc) is 3.20.